The number of anilines is 2. The third kappa shape index (κ3) is 10.0. The quantitative estimate of drug-likeness (QED) is 0.0471. The first-order chi connectivity index (χ1) is 31.3. The number of azo groups is 3. The second-order valence-electron chi connectivity index (χ2n) is 13.7. The SMILES string of the molecule is COc1cc(N=Nc2cc(OC)c(N=Nc3c(S(=O)(=O)O)cc4cc(Nc5ccccc5)ccc4c3O)cc2OC)c(OC)cc1N=Nc1ccc2cc(S(=O)(=O)O)cc(S(=O)(=O)O)c2c1. The van der Waals surface area contributed by atoms with Crippen LogP contribution < -0.4 is 24.3 Å². The van der Waals surface area contributed by atoms with Crippen LogP contribution in [0.15, 0.2) is 155 Å². The Morgan fingerprint density at radius 1 is 0.455 bits per heavy atom. The van der Waals surface area contributed by atoms with Crippen LogP contribution in [0.1, 0.15) is 0 Å². The summed E-state index contributed by atoms with van der Waals surface area (Å²) in [4.78, 5) is -2.23. The van der Waals surface area contributed by atoms with Crippen molar-refractivity contribution in [2.75, 3.05) is 33.8 Å². The van der Waals surface area contributed by atoms with Gasteiger partial charge in [-0.15, -0.1) is 25.6 Å². The first-order valence-electron chi connectivity index (χ1n) is 18.7. The van der Waals surface area contributed by atoms with E-state index in [1.165, 1.54) is 70.9 Å². The molecule has 0 aromatic heterocycles. The number of phenols is 1. The number of hydrogen-bond donors (Lipinski definition) is 5. The molecule has 0 heterocycles. The van der Waals surface area contributed by atoms with Crippen LogP contribution in [0.3, 0.4) is 0 Å². The van der Waals surface area contributed by atoms with E-state index in [2.05, 4.69) is 36.0 Å². The number of rotatable bonds is 15. The Morgan fingerprint density at radius 2 is 0.970 bits per heavy atom. The summed E-state index contributed by atoms with van der Waals surface area (Å²) in [6.07, 6.45) is 0. The third-order valence-corrected chi connectivity index (χ3v) is 12.2. The lowest BCUT2D eigenvalue weighted by atomic mass is 10.1. The highest BCUT2D eigenvalue weighted by Crippen LogP contribution is 2.46. The maximum absolute atomic E-state index is 12.6. The van der Waals surface area contributed by atoms with E-state index in [1.807, 2.05) is 30.3 Å². The van der Waals surface area contributed by atoms with Crippen molar-refractivity contribution in [3.8, 4) is 28.7 Å². The van der Waals surface area contributed by atoms with Crippen molar-refractivity contribution < 1.29 is 63.0 Å². The summed E-state index contributed by atoms with van der Waals surface area (Å²) in [7, 11) is -9.34. The number of ether oxygens (including phenoxy) is 4. The number of benzene rings is 7. The molecule has 7 aromatic carbocycles. The molecule has 7 aromatic rings. The molecule has 0 saturated carbocycles. The van der Waals surface area contributed by atoms with Gasteiger partial charge in [-0.25, -0.2) is 0 Å². The number of nitrogens with zero attached hydrogens (tertiary/aromatic N) is 6. The largest absolute Gasteiger partial charge is 0.505 e. The molecule has 0 saturated heterocycles. The zero-order valence-corrected chi connectivity index (χ0v) is 37.1. The Labute approximate surface area is 376 Å². The van der Waals surface area contributed by atoms with Gasteiger partial charge in [-0.05, 0) is 71.4 Å². The fraction of sp³-hybridized carbons (Fsp3) is 0.0952. The van der Waals surface area contributed by atoms with E-state index in [0.29, 0.717) is 11.8 Å². The van der Waals surface area contributed by atoms with Gasteiger partial charge in [0.2, 0.25) is 0 Å². The molecule has 0 aliphatic heterocycles. The fourth-order valence-corrected chi connectivity index (χ4v) is 8.49. The normalized spacial score (nSPS) is 12.4. The van der Waals surface area contributed by atoms with Gasteiger partial charge in [0.15, 0.2) is 5.75 Å². The average Bonchev–Trinajstić information content (AvgIpc) is 3.28. The number of nitrogens with one attached hydrogen (secondary N) is 1. The predicted molar refractivity (Wildman–Crippen MR) is 240 cm³/mol. The number of para-hydroxylation sites is 1. The van der Waals surface area contributed by atoms with E-state index < -0.39 is 56.5 Å². The smallest absolute Gasteiger partial charge is 0.296 e. The Bertz CT molecular complexity index is 3500. The molecule has 0 spiro atoms. The lowest BCUT2D eigenvalue weighted by Gasteiger charge is -2.12. The highest BCUT2D eigenvalue weighted by atomic mass is 32.2. The predicted octanol–water partition coefficient (Wildman–Crippen LogP) is 10.5. The fourth-order valence-electron chi connectivity index (χ4n) is 6.49. The molecule has 7 rings (SSSR count). The monoisotopic (exact) mass is 957 g/mol. The molecule has 0 radical (unpaired) electrons. The van der Waals surface area contributed by atoms with Crippen LogP contribution in [-0.2, 0) is 30.4 Å². The topological polar surface area (TPSA) is 306 Å². The minimum absolute atomic E-state index is 0.00827. The Morgan fingerprint density at radius 3 is 1.47 bits per heavy atom. The summed E-state index contributed by atoms with van der Waals surface area (Å²) < 4.78 is 125. The van der Waals surface area contributed by atoms with E-state index in [9.17, 15) is 44.0 Å². The lowest BCUT2D eigenvalue weighted by Crippen LogP contribution is -2.04. The minimum Gasteiger partial charge on any atom is -0.505 e. The third-order valence-electron chi connectivity index (χ3n) is 9.60. The van der Waals surface area contributed by atoms with Crippen molar-refractivity contribution in [1.29, 1.82) is 0 Å². The van der Waals surface area contributed by atoms with Gasteiger partial charge in [0.25, 0.3) is 30.4 Å². The number of aromatic hydroxyl groups is 1. The summed E-state index contributed by atoms with van der Waals surface area (Å²) in [5.74, 6) is -0.122. The molecule has 66 heavy (non-hydrogen) atoms. The molecule has 340 valence electrons. The van der Waals surface area contributed by atoms with Crippen LogP contribution in [0.2, 0.25) is 0 Å². The second-order valence-corrected chi connectivity index (χ2v) is 17.9. The molecule has 0 fully saturated rings. The molecule has 0 bridgehead atoms. The van der Waals surface area contributed by atoms with E-state index >= 15 is 0 Å². The van der Waals surface area contributed by atoms with Gasteiger partial charge in [0.1, 0.15) is 61.2 Å². The molecule has 21 nitrogen and oxygen atoms in total. The van der Waals surface area contributed by atoms with Crippen molar-refractivity contribution >= 4 is 97.4 Å². The summed E-state index contributed by atoms with van der Waals surface area (Å²) >= 11 is 0. The summed E-state index contributed by atoms with van der Waals surface area (Å²) in [5.41, 5.74) is 1.29. The van der Waals surface area contributed by atoms with Gasteiger partial charge >= 0.3 is 0 Å². The van der Waals surface area contributed by atoms with Gasteiger partial charge in [0, 0.05) is 46.4 Å². The minimum atomic E-state index is -4.95. The average molecular weight is 958 g/mol. The highest BCUT2D eigenvalue weighted by molar-refractivity contribution is 7.87. The van der Waals surface area contributed by atoms with Crippen LogP contribution in [0.5, 0.6) is 28.7 Å². The second kappa shape index (κ2) is 18.5. The Kier molecular flexibility index (Phi) is 13.0. The number of methoxy groups -OCH3 is 4. The van der Waals surface area contributed by atoms with Gasteiger partial charge in [-0.1, -0.05) is 24.3 Å². The van der Waals surface area contributed by atoms with Crippen molar-refractivity contribution in [2.24, 2.45) is 30.7 Å². The Balaban J connectivity index is 1.19. The van der Waals surface area contributed by atoms with Crippen molar-refractivity contribution in [3.63, 3.8) is 0 Å². The first-order valence-corrected chi connectivity index (χ1v) is 23.0. The summed E-state index contributed by atoms with van der Waals surface area (Å²) in [5, 5.41) is 40.1. The van der Waals surface area contributed by atoms with Gasteiger partial charge < -0.3 is 29.4 Å². The maximum Gasteiger partial charge on any atom is 0.296 e. The number of fused-ring (bicyclic) bond motifs is 2. The van der Waals surface area contributed by atoms with Crippen LogP contribution in [-0.4, -0.2) is 72.5 Å². The van der Waals surface area contributed by atoms with Crippen LogP contribution >= 0.6 is 0 Å². The van der Waals surface area contributed by atoms with Gasteiger partial charge in [-0.3, -0.25) is 13.7 Å². The van der Waals surface area contributed by atoms with E-state index in [1.54, 1.807) is 18.2 Å². The zero-order chi connectivity index (χ0) is 47.6. The van der Waals surface area contributed by atoms with Gasteiger partial charge in [0.05, 0.1) is 39.0 Å². The molecular formula is C42H35N7O14S3. The number of hydrogen-bond acceptors (Lipinski definition) is 18. The summed E-state index contributed by atoms with van der Waals surface area (Å²) in [6.45, 7) is 0. The zero-order valence-electron chi connectivity index (χ0n) is 34.7. The number of phenolic OH excluding ortho intramolecular Hbond substituents is 1. The molecule has 0 aliphatic rings. The van der Waals surface area contributed by atoms with Crippen LogP contribution in [0, 0.1) is 0 Å². The van der Waals surface area contributed by atoms with Crippen molar-refractivity contribution in [3.05, 3.63) is 109 Å². The maximum atomic E-state index is 12.6. The molecule has 0 aliphatic carbocycles. The molecule has 0 amide bonds. The standard InChI is InChI=1S/C42H35N7O14S3/c1-60-35-20-32(36(61-2)19-31(35)45-44-27-11-10-23-15-28(64(51,52)53)18-39(30(23)17-27)65(54,55)56)46-47-33-21-38(63-4)34(22-37(33)62-3)48-49-41-40(66(57,58)59)16-24-14-26(12-13-29(24)42(41)50)43-25-8-6-5-7-9-25/h5-22,43,50H,1-4H3,(H,51,52,53)(H,54,55,56)(H,57,58,59). The first kappa shape index (κ1) is 46.4. The van der Waals surface area contributed by atoms with E-state index in [4.69, 9.17) is 18.9 Å². The molecule has 5 N–H and O–H groups in total. The molecule has 0 unspecified atom stereocenters. The lowest BCUT2D eigenvalue weighted by molar-refractivity contribution is 0.403. The Hall–Kier alpha value is -7.61. The molecule has 0 atom stereocenters. The molecule has 24 heteroatoms. The highest BCUT2D eigenvalue weighted by Gasteiger charge is 2.24. The van der Waals surface area contributed by atoms with Gasteiger partial charge in [-0.2, -0.15) is 30.4 Å². The molecular weight excluding hydrogens is 923 g/mol. The van der Waals surface area contributed by atoms with Crippen molar-refractivity contribution in [2.45, 2.75) is 14.7 Å². The van der Waals surface area contributed by atoms with Crippen molar-refractivity contribution in [1.82, 2.24) is 0 Å². The van der Waals surface area contributed by atoms with Crippen LogP contribution in [0.25, 0.3) is 21.5 Å². The summed E-state index contributed by atoms with van der Waals surface area (Å²) in [6, 6.07) is 26.4. The van der Waals surface area contributed by atoms with E-state index in [0.717, 1.165) is 17.8 Å². The van der Waals surface area contributed by atoms with Crippen LogP contribution in [0.4, 0.5) is 45.5 Å². The van der Waals surface area contributed by atoms with E-state index in [-0.39, 0.29) is 73.0 Å².